The van der Waals surface area contributed by atoms with Crippen LogP contribution in [0.15, 0.2) is 34.8 Å². The summed E-state index contributed by atoms with van der Waals surface area (Å²) in [6, 6.07) is 10.7. The highest BCUT2D eigenvalue weighted by molar-refractivity contribution is 9.10. The number of nitrogens with one attached hydrogen (secondary N) is 1. The number of benzene rings is 1. The monoisotopic (exact) mass is 339 g/mol. The fraction of sp³-hybridized carbons (Fsp3) is 0.333. The molecule has 0 saturated carbocycles. The zero-order chi connectivity index (χ0) is 13.8. The molecule has 0 amide bonds. The van der Waals surface area contributed by atoms with Gasteiger partial charge in [-0.05, 0) is 53.5 Å². The Morgan fingerprint density at radius 2 is 2.16 bits per heavy atom. The van der Waals surface area contributed by atoms with Gasteiger partial charge in [-0.15, -0.1) is 11.3 Å². The molecule has 0 aliphatic carbocycles. The number of thiophene rings is 1. The first kappa shape index (κ1) is 14.6. The molecule has 2 nitrogen and oxygen atoms in total. The lowest BCUT2D eigenvalue weighted by Gasteiger charge is -2.14. The lowest BCUT2D eigenvalue weighted by Crippen LogP contribution is -2.17. The molecule has 0 unspecified atom stereocenters. The first-order valence-electron chi connectivity index (χ1n) is 6.22. The van der Waals surface area contributed by atoms with Crippen LogP contribution in [0.5, 0.6) is 5.75 Å². The molecular formula is C15H18BrNOS. The van der Waals surface area contributed by atoms with Gasteiger partial charge in [0.2, 0.25) is 0 Å². The third-order valence-corrected chi connectivity index (χ3v) is 5.22. The Morgan fingerprint density at radius 3 is 2.79 bits per heavy atom. The second-order valence-electron chi connectivity index (χ2n) is 4.50. The highest BCUT2D eigenvalue weighted by atomic mass is 79.9. The molecule has 1 aromatic heterocycles. The Kier molecular flexibility index (Phi) is 5.02. The van der Waals surface area contributed by atoms with E-state index in [1.54, 1.807) is 7.11 Å². The second kappa shape index (κ2) is 6.55. The van der Waals surface area contributed by atoms with E-state index >= 15 is 0 Å². The minimum absolute atomic E-state index is 0.302. The van der Waals surface area contributed by atoms with Crippen LogP contribution in [0.4, 0.5) is 0 Å². The number of hydrogen-bond acceptors (Lipinski definition) is 3. The maximum Gasteiger partial charge on any atom is 0.119 e. The molecule has 1 N–H and O–H groups in total. The standard InChI is InChI=1S/C15H18BrNOS/c1-10(12-5-4-6-13(7-12)18-3)17-9-14-8-15(16)11(2)19-14/h4-8,10,17H,9H2,1-3H3/t10-/m0/s1. The van der Waals surface area contributed by atoms with Gasteiger partial charge in [-0.25, -0.2) is 0 Å². The molecule has 0 spiro atoms. The van der Waals surface area contributed by atoms with Crippen molar-refractivity contribution in [1.82, 2.24) is 5.32 Å². The summed E-state index contributed by atoms with van der Waals surface area (Å²) in [6.45, 7) is 5.18. The number of rotatable bonds is 5. The number of halogens is 1. The summed E-state index contributed by atoms with van der Waals surface area (Å²) in [5, 5.41) is 3.54. The first-order valence-corrected chi connectivity index (χ1v) is 7.83. The van der Waals surface area contributed by atoms with E-state index in [-0.39, 0.29) is 0 Å². The van der Waals surface area contributed by atoms with Crippen LogP contribution in [-0.4, -0.2) is 7.11 Å². The fourth-order valence-electron chi connectivity index (χ4n) is 1.89. The Labute approximate surface area is 126 Å². The van der Waals surface area contributed by atoms with Crippen LogP contribution < -0.4 is 10.1 Å². The lowest BCUT2D eigenvalue weighted by atomic mass is 10.1. The third-order valence-electron chi connectivity index (χ3n) is 3.08. The predicted octanol–water partition coefficient (Wildman–Crippen LogP) is 4.68. The molecule has 0 radical (unpaired) electrons. The average molecular weight is 340 g/mol. The van der Waals surface area contributed by atoms with Crippen LogP contribution in [0.2, 0.25) is 0 Å². The van der Waals surface area contributed by atoms with Crippen molar-refractivity contribution < 1.29 is 4.74 Å². The number of methoxy groups -OCH3 is 1. The van der Waals surface area contributed by atoms with E-state index in [1.165, 1.54) is 19.8 Å². The van der Waals surface area contributed by atoms with Gasteiger partial charge in [-0.1, -0.05) is 12.1 Å². The van der Waals surface area contributed by atoms with Crippen LogP contribution in [0.25, 0.3) is 0 Å². The van der Waals surface area contributed by atoms with Crippen LogP contribution in [0.3, 0.4) is 0 Å². The number of aryl methyl sites for hydroxylation is 1. The first-order chi connectivity index (χ1) is 9.10. The van der Waals surface area contributed by atoms with Crippen LogP contribution in [0, 0.1) is 6.92 Å². The van der Waals surface area contributed by atoms with Crippen molar-refractivity contribution in [2.24, 2.45) is 0 Å². The molecule has 19 heavy (non-hydrogen) atoms. The van der Waals surface area contributed by atoms with Crippen molar-refractivity contribution in [1.29, 1.82) is 0 Å². The molecule has 4 heteroatoms. The zero-order valence-electron chi connectivity index (χ0n) is 11.4. The van der Waals surface area contributed by atoms with Gasteiger partial charge in [-0.2, -0.15) is 0 Å². The molecule has 2 aromatic rings. The van der Waals surface area contributed by atoms with Crippen LogP contribution in [0.1, 0.15) is 28.3 Å². The maximum absolute atomic E-state index is 5.25. The van der Waals surface area contributed by atoms with Crippen LogP contribution in [-0.2, 0) is 6.54 Å². The molecule has 0 saturated heterocycles. The maximum atomic E-state index is 5.25. The Bertz CT molecular complexity index is 533. The topological polar surface area (TPSA) is 21.3 Å². The highest BCUT2D eigenvalue weighted by Crippen LogP contribution is 2.27. The quantitative estimate of drug-likeness (QED) is 0.853. The Balaban J connectivity index is 1.98. The summed E-state index contributed by atoms with van der Waals surface area (Å²) >= 11 is 5.38. The minimum Gasteiger partial charge on any atom is -0.497 e. The van der Waals surface area contributed by atoms with Crippen molar-refractivity contribution >= 4 is 27.3 Å². The van der Waals surface area contributed by atoms with Gasteiger partial charge < -0.3 is 10.1 Å². The summed E-state index contributed by atoms with van der Waals surface area (Å²) < 4.78 is 6.45. The molecule has 102 valence electrons. The summed E-state index contributed by atoms with van der Waals surface area (Å²) in [5.41, 5.74) is 1.24. The van der Waals surface area contributed by atoms with Gasteiger partial charge >= 0.3 is 0 Å². The molecule has 1 atom stereocenters. The van der Waals surface area contributed by atoms with Crippen molar-refractivity contribution in [3.63, 3.8) is 0 Å². The van der Waals surface area contributed by atoms with Gasteiger partial charge in [0.25, 0.3) is 0 Å². The van der Waals surface area contributed by atoms with Crippen molar-refractivity contribution in [2.45, 2.75) is 26.4 Å². The summed E-state index contributed by atoms with van der Waals surface area (Å²) in [5.74, 6) is 0.904. The number of ether oxygens (including phenoxy) is 1. The molecular weight excluding hydrogens is 322 g/mol. The summed E-state index contributed by atoms with van der Waals surface area (Å²) in [7, 11) is 1.70. The van der Waals surface area contributed by atoms with E-state index in [1.807, 2.05) is 23.5 Å². The van der Waals surface area contributed by atoms with E-state index in [4.69, 9.17) is 4.74 Å². The highest BCUT2D eigenvalue weighted by Gasteiger charge is 2.08. The van der Waals surface area contributed by atoms with Gasteiger partial charge in [0.1, 0.15) is 5.75 Å². The van der Waals surface area contributed by atoms with E-state index in [9.17, 15) is 0 Å². The minimum atomic E-state index is 0.302. The molecule has 0 fully saturated rings. The molecule has 2 rings (SSSR count). The van der Waals surface area contributed by atoms with Crippen molar-refractivity contribution in [3.05, 3.63) is 50.1 Å². The third kappa shape index (κ3) is 3.81. The van der Waals surface area contributed by atoms with Gasteiger partial charge in [-0.3, -0.25) is 0 Å². The summed E-state index contributed by atoms with van der Waals surface area (Å²) in [6.07, 6.45) is 0. The largest absolute Gasteiger partial charge is 0.497 e. The second-order valence-corrected chi connectivity index (χ2v) is 6.69. The van der Waals surface area contributed by atoms with E-state index in [0.717, 1.165) is 12.3 Å². The van der Waals surface area contributed by atoms with Gasteiger partial charge in [0, 0.05) is 26.8 Å². The van der Waals surface area contributed by atoms with Crippen molar-refractivity contribution in [2.75, 3.05) is 7.11 Å². The normalized spacial score (nSPS) is 12.4. The average Bonchev–Trinajstić information content (AvgIpc) is 2.75. The van der Waals surface area contributed by atoms with E-state index in [2.05, 4.69) is 53.3 Å². The lowest BCUT2D eigenvalue weighted by molar-refractivity contribution is 0.413. The van der Waals surface area contributed by atoms with E-state index in [0.29, 0.717) is 6.04 Å². The SMILES string of the molecule is COc1cccc([C@H](C)NCc2cc(Br)c(C)s2)c1. The fourth-order valence-corrected chi connectivity index (χ4v) is 3.44. The molecule has 0 aliphatic heterocycles. The molecule has 0 bridgehead atoms. The molecule has 1 aromatic carbocycles. The van der Waals surface area contributed by atoms with Gasteiger partial charge in [0.15, 0.2) is 0 Å². The van der Waals surface area contributed by atoms with E-state index < -0.39 is 0 Å². The van der Waals surface area contributed by atoms with Gasteiger partial charge in [0.05, 0.1) is 7.11 Å². The molecule has 1 heterocycles. The molecule has 0 aliphatic rings. The summed E-state index contributed by atoms with van der Waals surface area (Å²) in [4.78, 5) is 2.67. The van der Waals surface area contributed by atoms with Crippen molar-refractivity contribution in [3.8, 4) is 5.75 Å². The van der Waals surface area contributed by atoms with Crippen LogP contribution >= 0.6 is 27.3 Å². The Morgan fingerprint density at radius 1 is 1.37 bits per heavy atom. The zero-order valence-corrected chi connectivity index (χ0v) is 13.8. The number of hydrogen-bond donors (Lipinski definition) is 1. The smallest absolute Gasteiger partial charge is 0.119 e. The predicted molar refractivity (Wildman–Crippen MR) is 85.0 cm³/mol. The Hall–Kier alpha value is -0.840.